The van der Waals surface area contributed by atoms with E-state index < -0.39 is 6.04 Å². The smallest absolute Gasteiger partial charge is 0.255 e. The standard InChI is InChI=1S/C26H26ClN3O4/c1-28(2)19-9-5-17(6-10-19)25-26(32)29(22-14-13-21(33-3)15-23(22)34-4)16-24(31)30(25)20-11-7-18(27)8-12-20/h5-15,25H,16H2,1-4H3/t25-/m1/s1. The topological polar surface area (TPSA) is 62.3 Å². The number of halogens is 1. The van der Waals surface area contributed by atoms with Crippen LogP contribution >= 0.6 is 11.6 Å². The van der Waals surface area contributed by atoms with E-state index in [1.807, 2.05) is 43.3 Å². The number of rotatable bonds is 6. The van der Waals surface area contributed by atoms with Gasteiger partial charge in [0, 0.05) is 36.6 Å². The molecule has 8 heteroatoms. The van der Waals surface area contributed by atoms with Gasteiger partial charge in [-0.3, -0.25) is 19.4 Å². The first-order chi connectivity index (χ1) is 16.3. The third kappa shape index (κ3) is 4.39. The molecule has 0 saturated carbocycles. The lowest BCUT2D eigenvalue weighted by atomic mass is 9.99. The second-order valence-electron chi connectivity index (χ2n) is 8.09. The first kappa shape index (κ1) is 23.4. The minimum atomic E-state index is -0.856. The molecule has 4 rings (SSSR count). The molecular weight excluding hydrogens is 454 g/mol. The Kier molecular flexibility index (Phi) is 6.65. The molecule has 0 bridgehead atoms. The molecule has 7 nitrogen and oxygen atoms in total. The Morgan fingerprint density at radius 1 is 0.912 bits per heavy atom. The van der Waals surface area contributed by atoms with Gasteiger partial charge in [-0.2, -0.15) is 0 Å². The summed E-state index contributed by atoms with van der Waals surface area (Å²) in [5.41, 5.74) is 2.80. The van der Waals surface area contributed by atoms with E-state index in [2.05, 4.69) is 0 Å². The zero-order valence-electron chi connectivity index (χ0n) is 19.5. The van der Waals surface area contributed by atoms with Gasteiger partial charge in [-0.15, -0.1) is 0 Å². The first-order valence-corrected chi connectivity index (χ1v) is 11.1. The summed E-state index contributed by atoms with van der Waals surface area (Å²) in [5.74, 6) is 0.578. The minimum Gasteiger partial charge on any atom is -0.497 e. The number of hydrogen-bond acceptors (Lipinski definition) is 5. The Morgan fingerprint density at radius 3 is 2.18 bits per heavy atom. The van der Waals surface area contributed by atoms with Crippen molar-refractivity contribution in [2.24, 2.45) is 0 Å². The fourth-order valence-electron chi connectivity index (χ4n) is 4.04. The lowest BCUT2D eigenvalue weighted by molar-refractivity contribution is -0.128. The molecule has 3 aromatic rings. The number of hydrogen-bond donors (Lipinski definition) is 0. The number of methoxy groups -OCH3 is 2. The Balaban J connectivity index is 1.81. The van der Waals surface area contributed by atoms with Crippen molar-refractivity contribution in [3.8, 4) is 11.5 Å². The van der Waals surface area contributed by atoms with Crippen LogP contribution in [0.2, 0.25) is 5.02 Å². The number of carbonyl (C=O) groups excluding carboxylic acids is 2. The summed E-state index contributed by atoms with van der Waals surface area (Å²) in [6, 6.07) is 18.8. The number of amides is 2. The summed E-state index contributed by atoms with van der Waals surface area (Å²) >= 11 is 6.07. The molecule has 1 heterocycles. The molecule has 0 aromatic heterocycles. The summed E-state index contributed by atoms with van der Waals surface area (Å²) < 4.78 is 10.8. The van der Waals surface area contributed by atoms with Crippen molar-refractivity contribution in [3.63, 3.8) is 0 Å². The molecule has 0 radical (unpaired) electrons. The predicted molar refractivity (Wildman–Crippen MR) is 134 cm³/mol. The number of carbonyl (C=O) groups is 2. The van der Waals surface area contributed by atoms with Gasteiger partial charge in [-0.05, 0) is 54.1 Å². The maximum absolute atomic E-state index is 14.0. The zero-order chi connectivity index (χ0) is 24.4. The molecule has 1 atom stereocenters. The summed E-state index contributed by atoms with van der Waals surface area (Å²) in [5, 5.41) is 0.552. The van der Waals surface area contributed by atoms with Crippen LogP contribution in [0.1, 0.15) is 11.6 Å². The maximum Gasteiger partial charge on any atom is 0.255 e. The van der Waals surface area contributed by atoms with Gasteiger partial charge in [-0.1, -0.05) is 23.7 Å². The summed E-state index contributed by atoms with van der Waals surface area (Å²) in [6.45, 7) is -0.129. The Hall–Kier alpha value is -3.71. The number of anilines is 3. The molecule has 176 valence electrons. The van der Waals surface area contributed by atoms with Gasteiger partial charge in [0.2, 0.25) is 5.91 Å². The average molecular weight is 480 g/mol. The Bertz CT molecular complexity index is 1200. The van der Waals surface area contributed by atoms with E-state index >= 15 is 0 Å². The SMILES string of the molecule is COc1ccc(N2CC(=O)N(c3ccc(Cl)cc3)[C@H](c3ccc(N(C)C)cc3)C2=O)c(OC)c1. The fourth-order valence-corrected chi connectivity index (χ4v) is 4.17. The molecule has 1 fully saturated rings. The van der Waals surface area contributed by atoms with E-state index in [4.69, 9.17) is 21.1 Å². The number of nitrogens with zero attached hydrogens (tertiary/aromatic N) is 3. The van der Waals surface area contributed by atoms with Gasteiger partial charge >= 0.3 is 0 Å². The lowest BCUT2D eigenvalue weighted by Crippen LogP contribution is -2.56. The molecule has 1 aliphatic rings. The van der Waals surface area contributed by atoms with E-state index in [0.717, 1.165) is 5.69 Å². The van der Waals surface area contributed by atoms with Gasteiger partial charge in [0.05, 0.1) is 19.9 Å². The van der Waals surface area contributed by atoms with Crippen LogP contribution in [0.5, 0.6) is 11.5 Å². The predicted octanol–water partition coefficient (Wildman–Crippen LogP) is 4.54. The molecule has 0 N–H and O–H groups in total. The highest BCUT2D eigenvalue weighted by molar-refractivity contribution is 6.30. The van der Waals surface area contributed by atoms with Crippen LogP contribution in [0.15, 0.2) is 66.7 Å². The summed E-state index contributed by atoms with van der Waals surface area (Å²) in [7, 11) is 6.97. The van der Waals surface area contributed by atoms with Gasteiger partial charge < -0.3 is 14.4 Å². The lowest BCUT2D eigenvalue weighted by Gasteiger charge is -2.40. The van der Waals surface area contributed by atoms with Crippen molar-refractivity contribution in [2.45, 2.75) is 6.04 Å². The van der Waals surface area contributed by atoms with Crippen molar-refractivity contribution < 1.29 is 19.1 Å². The van der Waals surface area contributed by atoms with E-state index in [0.29, 0.717) is 33.5 Å². The second kappa shape index (κ2) is 9.65. The molecule has 1 saturated heterocycles. The van der Waals surface area contributed by atoms with Crippen molar-refractivity contribution in [2.75, 3.05) is 49.6 Å². The summed E-state index contributed by atoms with van der Waals surface area (Å²) in [4.78, 5) is 32.5. The van der Waals surface area contributed by atoms with E-state index in [-0.39, 0.29) is 18.4 Å². The zero-order valence-corrected chi connectivity index (χ0v) is 20.2. The molecule has 1 aliphatic heterocycles. The first-order valence-electron chi connectivity index (χ1n) is 10.7. The van der Waals surface area contributed by atoms with Crippen LogP contribution in [0.4, 0.5) is 17.1 Å². The number of ether oxygens (including phenoxy) is 2. The molecule has 0 aliphatic carbocycles. The van der Waals surface area contributed by atoms with Gasteiger partial charge in [-0.25, -0.2) is 0 Å². The van der Waals surface area contributed by atoms with Crippen LogP contribution < -0.4 is 24.2 Å². The van der Waals surface area contributed by atoms with Crippen LogP contribution in [0.3, 0.4) is 0 Å². The van der Waals surface area contributed by atoms with Crippen molar-refractivity contribution in [1.29, 1.82) is 0 Å². The largest absolute Gasteiger partial charge is 0.497 e. The second-order valence-corrected chi connectivity index (χ2v) is 8.53. The van der Waals surface area contributed by atoms with Crippen LogP contribution in [0.25, 0.3) is 0 Å². The third-order valence-corrected chi connectivity index (χ3v) is 6.08. The van der Waals surface area contributed by atoms with E-state index in [1.165, 1.54) is 16.9 Å². The third-order valence-electron chi connectivity index (χ3n) is 5.83. The van der Waals surface area contributed by atoms with Crippen LogP contribution in [-0.2, 0) is 9.59 Å². The maximum atomic E-state index is 14.0. The Morgan fingerprint density at radius 2 is 1.59 bits per heavy atom. The van der Waals surface area contributed by atoms with Crippen molar-refractivity contribution >= 4 is 40.5 Å². The normalized spacial score (nSPS) is 16.0. The quantitative estimate of drug-likeness (QED) is 0.519. The molecule has 0 unspecified atom stereocenters. The molecule has 3 aromatic carbocycles. The highest BCUT2D eigenvalue weighted by Crippen LogP contribution is 2.39. The molecule has 34 heavy (non-hydrogen) atoms. The van der Waals surface area contributed by atoms with Crippen LogP contribution in [-0.4, -0.2) is 46.7 Å². The van der Waals surface area contributed by atoms with Crippen molar-refractivity contribution in [3.05, 3.63) is 77.3 Å². The number of piperazine rings is 1. The van der Waals surface area contributed by atoms with Crippen LogP contribution in [0, 0.1) is 0 Å². The van der Waals surface area contributed by atoms with E-state index in [1.54, 1.807) is 49.6 Å². The monoisotopic (exact) mass is 479 g/mol. The van der Waals surface area contributed by atoms with E-state index in [9.17, 15) is 9.59 Å². The van der Waals surface area contributed by atoms with Gasteiger partial charge in [0.1, 0.15) is 24.1 Å². The average Bonchev–Trinajstić information content (AvgIpc) is 2.85. The molecule has 2 amide bonds. The fraction of sp³-hybridized carbons (Fsp3) is 0.231. The molecular formula is C26H26ClN3O4. The minimum absolute atomic E-state index is 0.129. The number of benzene rings is 3. The highest BCUT2D eigenvalue weighted by Gasteiger charge is 2.42. The summed E-state index contributed by atoms with van der Waals surface area (Å²) in [6.07, 6.45) is 0. The van der Waals surface area contributed by atoms with Crippen molar-refractivity contribution in [1.82, 2.24) is 0 Å². The molecule has 0 spiro atoms. The van der Waals surface area contributed by atoms with Gasteiger partial charge in [0.15, 0.2) is 0 Å². The highest BCUT2D eigenvalue weighted by atomic mass is 35.5. The van der Waals surface area contributed by atoms with Gasteiger partial charge in [0.25, 0.3) is 5.91 Å². The Labute approximate surface area is 204 Å².